The molecule has 0 saturated carbocycles. The molecule has 0 bridgehead atoms. The molecule has 1 rings (SSSR count). The predicted octanol–water partition coefficient (Wildman–Crippen LogP) is -0.690. The van der Waals surface area contributed by atoms with Gasteiger partial charge < -0.3 is 15.7 Å². The van der Waals surface area contributed by atoms with Crippen LogP contribution in [-0.2, 0) is 9.59 Å². The lowest BCUT2D eigenvalue weighted by Crippen LogP contribution is -2.41. The second-order valence-corrected chi connectivity index (χ2v) is 2.61. The maximum Gasteiger partial charge on any atom is 0.323 e. The largest absolute Gasteiger partial charge is 0.480 e. The normalized spacial score (nSPS) is 21.8. The molecule has 0 aromatic carbocycles. The number of carbonyl (C=O) groups is 2. The van der Waals surface area contributed by atoms with Crippen molar-refractivity contribution >= 4 is 11.9 Å². The van der Waals surface area contributed by atoms with E-state index in [0.717, 1.165) is 4.90 Å². The Balaban J connectivity index is 2.74. The van der Waals surface area contributed by atoms with E-state index < -0.39 is 17.9 Å². The average Bonchev–Trinajstić information content (AvgIpc) is 2.19. The number of carbonyl (C=O) groups excluding carboxylic acids is 1. The molecule has 0 aromatic heterocycles. The number of allylic oxidation sites excluding steroid dienone is 2. The number of aliphatic carboxylic acids is 1. The van der Waals surface area contributed by atoms with Crippen molar-refractivity contribution in [2.24, 2.45) is 5.73 Å². The number of nitrogens with zero attached hydrogens (tertiary/aromatic N) is 1. The third-order valence-electron chi connectivity index (χ3n) is 1.57. The van der Waals surface area contributed by atoms with Crippen molar-refractivity contribution < 1.29 is 14.7 Å². The summed E-state index contributed by atoms with van der Waals surface area (Å²) in [5.41, 5.74) is 5.43. The molecule has 1 amide bonds. The lowest BCUT2D eigenvalue weighted by Gasteiger charge is -2.16. The Morgan fingerprint density at radius 1 is 1.62 bits per heavy atom. The van der Waals surface area contributed by atoms with Gasteiger partial charge >= 0.3 is 5.97 Å². The van der Waals surface area contributed by atoms with Gasteiger partial charge in [0.1, 0.15) is 12.6 Å². The molecule has 0 aliphatic carbocycles. The third-order valence-corrected chi connectivity index (χ3v) is 1.57. The van der Waals surface area contributed by atoms with Crippen LogP contribution in [0.1, 0.15) is 0 Å². The zero-order valence-electron chi connectivity index (χ0n) is 6.88. The first kappa shape index (κ1) is 9.47. The van der Waals surface area contributed by atoms with E-state index in [4.69, 9.17) is 10.8 Å². The Morgan fingerprint density at radius 3 is 2.92 bits per heavy atom. The average molecular weight is 182 g/mol. The monoisotopic (exact) mass is 182 g/mol. The van der Waals surface area contributed by atoms with E-state index in [-0.39, 0.29) is 6.54 Å². The van der Waals surface area contributed by atoms with E-state index in [2.05, 4.69) is 0 Å². The molecule has 3 N–H and O–H groups in total. The van der Waals surface area contributed by atoms with Crippen LogP contribution in [0.3, 0.4) is 0 Å². The Labute approximate surface area is 75.1 Å². The summed E-state index contributed by atoms with van der Waals surface area (Å²) in [5, 5.41) is 8.47. The summed E-state index contributed by atoms with van der Waals surface area (Å²) in [5.74, 6) is -1.47. The molecule has 0 radical (unpaired) electrons. The molecule has 0 fully saturated rings. The fourth-order valence-electron chi connectivity index (χ4n) is 0.961. The zero-order chi connectivity index (χ0) is 9.84. The van der Waals surface area contributed by atoms with Crippen molar-refractivity contribution in [1.82, 2.24) is 4.90 Å². The number of carboxylic acids is 1. The van der Waals surface area contributed by atoms with Crippen LogP contribution in [-0.4, -0.2) is 34.5 Å². The van der Waals surface area contributed by atoms with Crippen LogP contribution in [0.4, 0.5) is 0 Å². The second kappa shape index (κ2) is 3.86. The molecule has 0 saturated heterocycles. The summed E-state index contributed by atoms with van der Waals surface area (Å²) in [7, 11) is 0. The van der Waals surface area contributed by atoms with Gasteiger partial charge in [0.2, 0.25) is 5.91 Å². The molecular formula is C8H10N2O3. The summed E-state index contributed by atoms with van der Waals surface area (Å²) in [6, 6.07) is -0.755. The highest BCUT2D eigenvalue weighted by Crippen LogP contribution is 2.01. The van der Waals surface area contributed by atoms with Crippen LogP contribution < -0.4 is 5.73 Å². The Kier molecular flexibility index (Phi) is 2.81. The quantitative estimate of drug-likeness (QED) is 0.592. The zero-order valence-corrected chi connectivity index (χ0v) is 6.88. The molecule has 0 unspecified atom stereocenters. The maximum atomic E-state index is 11.3. The van der Waals surface area contributed by atoms with Crippen LogP contribution in [0.5, 0.6) is 0 Å². The highest BCUT2D eigenvalue weighted by atomic mass is 16.4. The Hall–Kier alpha value is -1.62. The number of amides is 1. The smallest absolute Gasteiger partial charge is 0.323 e. The lowest BCUT2D eigenvalue weighted by atomic mass is 10.2. The van der Waals surface area contributed by atoms with Gasteiger partial charge in [0.05, 0.1) is 0 Å². The van der Waals surface area contributed by atoms with E-state index in [9.17, 15) is 9.59 Å². The van der Waals surface area contributed by atoms with Gasteiger partial charge in [0.25, 0.3) is 0 Å². The molecule has 1 atom stereocenters. The van der Waals surface area contributed by atoms with Gasteiger partial charge in [-0.05, 0) is 6.08 Å². The fraction of sp³-hybridized carbons (Fsp3) is 0.250. The summed E-state index contributed by atoms with van der Waals surface area (Å²) >= 11 is 0. The van der Waals surface area contributed by atoms with Gasteiger partial charge in [0.15, 0.2) is 0 Å². The van der Waals surface area contributed by atoms with E-state index >= 15 is 0 Å². The molecule has 1 heterocycles. The first-order valence-electron chi connectivity index (χ1n) is 3.74. The third kappa shape index (κ3) is 2.41. The topological polar surface area (TPSA) is 83.6 Å². The van der Waals surface area contributed by atoms with Gasteiger partial charge in [-0.15, -0.1) is 0 Å². The van der Waals surface area contributed by atoms with Crippen LogP contribution >= 0.6 is 0 Å². The SMILES string of the molecule is N[C@H]1C=CC=CN(CC(=O)O)C1=O. The van der Waals surface area contributed by atoms with Gasteiger partial charge in [-0.2, -0.15) is 0 Å². The summed E-state index contributed by atoms with van der Waals surface area (Å²) in [6.45, 7) is -0.356. The number of carboxylic acid groups (broad SMARTS) is 1. The van der Waals surface area contributed by atoms with Gasteiger partial charge in [0, 0.05) is 6.20 Å². The Bertz CT molecular complexity index is 283. The minimum atomic E-state index is -1.06. The number of rotatable bonds is 2. The lowest BCUT2D eigenvalue weighted by molar-refractivity contribution is -0.142. The minimum absolute atomic E-state index is 0.356. The molecule has 13 heavy (non-hydrogen) atoms. The predicted molar refractivity (Wildman–Crippen MR) is 45.6 cm³/mol. The summed E-state index contributed by atoms with van der Waals surface area (Å²) in [4.78, 5) is 22.7. The number of nitrogens with two attached hydrogens (primary N) is 1. The highest BCUT2D eigenvalue weighted by Gasteiger charge is 2.20. The van der Waals surface area contributed by atoms with Gasteiger partial charge in [-0.25, -0.2) is 0 Å². The van der Waals surface area contributed by atoms with E-state index in [1.54, 1.807) is 12.2 Å². The summed E-state index contributed by atoms with van der Waals surface area (Å²) < 4.78 is 0. The van der Waals surface area contributed by atoms with E-state index in [0.29, 0.717) is 0 Å². The fourth-order valence-corrected chi connectivity index (χ4v) is 0.961. The van der Waals surface area contributed by atoms with Crippen molar-refractivity contribution in [2.75, 3.05) is 6.54 Å². The standard InChI is InChI=1S/C8H10N2O3/c9-6-3-1-2-4-10(8(6)13)5-7(11)12/h1-4,6H,5,9H2,(H,11,12)/t6-/m0/s1. The van der Waals surface area contributed by atoms with Gasteiger partial charge in [-0.3, -0.25) is 9.59 Å². The van der Waals surface area contributed by atoms with Crippen molar-refractivity contribution in [3.8, 4) is 0 Å². The van der Waals surface area contributed by atoms with Gasteiger partial charge in [-0.1, -0.05) is 12.2 Å². The van der Waals surface area contributed by atoms with Crippen LogP contribution in [0, 0.1) is 0 Å². The molecule has 1 aliphatic rings. The molecular weight excluding hydrogens is 172 g/mol. The van der Waals surface area contributed by atoms with Crippen LogP contribution in [0.2, 0.25) is 0 Å². The minimum Gasteiger partial charge on any atom is -0.480 e. The molecule has 70 valence electrons. The Morgan fingerprint density at radius 2 is 2.31 bits per heavy atom. The van der Waals surface area contributed by atoms with Crippen molar-refractivity contribution in [3.63, 3.8) is 0 Å². The van der Waals surface area contributed by atoms with Crippen LogP contribution in [0.15, 0.2) is 24.4 Å². The van der Waals surface area contributed by atoms with Crippen LogP contribution in [0.25, 0.3) is 0 Å². The molecule has 0 spiro atoms. The first-order chi connectivity index (χ1) is 6.11. The maximum absolute atomic E-state index is 11.3. The van der Waals surface area contributed by atoms with Crippen molar-refractivity contribution in [3.05, 3.63) is 24.4 Å². The summed E-state index contributed by atoms with van der Waals surface area (Å²) in [6.07, 6.45) is 6.11. The first-order valence-corrected chi connectivity index (χ1v) is 3.74. The van der Waals surface area contributed by atoms with Crippen molar-refractivity contribution in [1.29, 1.82) is 0 Å². The molecule has 0 aromatic rings. The number of hydrogen-bond acceptors (Lipinski definition) is 3. The molecule has 1 aliphatic heterocycles. The van der Waals surface area contributed by atoms with E-state index in [1.165, 1.54) is 12.3 Å². The number of hydrogen-bond donors (Lipinski definition) is 2. The highest BCUT2D eigenvalue weighted by molar-refractivity contribution is 5.88. The molecule has 5 nitrogen and oxygen atoms in total. The molecule has 5 heteroatoms. The second-order valence-electron chi connectivity index (χ2n) is 2.61. The van der Waals surface area contributed by atoms with Crippen molar-refractivity contribution in [2.45, 2.75) is 6.04 Å². The van der Waals surface area contributed by atoms with E-state index in [1.807, 2.05) is 0 Å².